The van der Waals surface area contributed by atoms with Gasteiger partial charge in [0.2, 0.25) is 0 Å². The normalized spacial score (nSPS) is 24.2. The van der Waals surface area contributed by atoms with Crippen molar-refractivity contribution < 1.29 is 5.11 Å². The lowest BCUT2D eigenvalue weighted by Gasteiger charge is -2.16. The Bertz CT molecular complexity index is 417. The minimum absolute atomic E-state index is 0.359. The molecule has 84 valence electrons. The van der Waals surface area contributed by atoms with Crippen LogP contribution in [0, 0.1) is 0 Å². The highest BCUT2D eigenvalue weighted by atomic mass is 16.3. The highest BCUT2D eigenvalue weighted by molar-refractivity contribution is 5.38. The SMILES string of the molecule is C=CC[C@H]1C=C(C)C[C@H](O)c2ccccc21. The zero-order valence-corrected chi connectivity index (χ0v) is 9.69. The van der Waals surface area contributed by atoms with E-state index in [1.807, 2.05) is 24.3 Å². The van der Waals surface area contributed by atoms with Crippen molar-refractivity contribution in [2.24, 2.45) is 0 Å². The quantitative estimate of drug-likeness (QED) is 0.744. The molecular weight excluding hydrogens is 196 g/mol. The molecule has 0 saturated carbocycles. The van der Waals surface area contributed by atoms with E-state index in [4.69, 9.17) is 0 Å². The second kappa shape index (κ2) is 4.67. The predicted molar refractivity (Wildman–Crippen MR) is 67.3 cm³/mol. The first kappa shape index (κ1) is 11.2. The van der Waals surface area contributed by atoms with Gasteiger partial charge in [-0.1, -0.05) is 42.0 Å². The zero-order chi connectivity index (χ0) is 11.5. The molecule has 1 aliphatic carbocycles. The summed E-state index contributed by atoms with van der Waals surface area (Å²) in [5.41, 5.74) is 3.57. The Morgan fingerprint density at radius 2 is 2.06 bits per heavy atom. The molecule has 1 heteroatoms. The van der Waals surface area contributed by atoms with Crippen molar-refractivity contribution in [2.45, 2.75) is 31.8 Å². The van der Waals surface area contributed by atoms with Crippen LogP contribution in [0.25, 0.3) is 0 Å². The summed E-state index contributed by atoms with van der Waals surface area (Å²) in [5, 5.41) is 10.1. The van der Waals surface area contributed by atoms with Gasteiger partial charge in [0.25, 0.3) is 0 Å². The van der Waals surface area contributed by atoms with Gasteiger partial charge in [-0.05, 0) is 30.9 Å². The molecule has 1 aromatic carbocycles. The van der Waals surface area contributed by atoms with Crippen LogP contribution in [-0.2, 0) is 0 Å². The molecule has 0 bridgehead atoms. The van der Waals surface area contributed by atoms with Gasteiger partial charge in [0.15, 0.2) is 0 Å². The van der Waals surface area contributed by atoms with E-state index in [0.717, 1.165) is 18.4 Å². The third kappa shape index (κ3) is 2.10. The topological polar surface area (TPSA) is 20.2 Å². The molecule has 1 N–H and O–H groups in total. The molecule has 0 aromatic heterocycles. The lowest BCUT2D eigenvalue weighted by atomic mass is 9.91. The number of rotatable bonds is 2. The van der Waals surface area contributed by atoms with Crippen molar-refractivity contribution in [2.75, 3.05) is 0 Å². The Morgan fingerprint density at radius 1 is 1.38 bits per heavy atom. The van der Waals surface area contributed by atoms with Crippen molar-refractivity contribution in [3.63, 3.8) is 0 Å². The summed E-state index contributed by atoms with van der Waals surface area (Å²) >= 11 is 0. The molecule has 0 spiro atoms. The van der Waals surface area contributed by atoms with Gasteiger partial charge in [0.1, 0.15) is 0 Å². The average Bonchev–Trinajstić information content (AvgIpc) is 2.38. The second-order valence-electron chi connectivity index (χ2n) is 4.49. The molecule has 2 rings (SSSR count). The number of aliphatic hydroxyl groups excluding tert-OH is 1. The molecule has 0 amide bonds. The van der Waals surface area contributed by atoms with E-state index in [-0.39, 0.29) is 6.10 Å². The Kier molecular flexibility index (Phi) is 3.25. The third-order valence-electron chi connectivity index (χ3n) is 3.18. The smallest absolute Gasteiger partial charge is 0.0829 e. The molecule has 0 saturated heterocycles. The van der Waals surface area contributed by atoms with Gasteiger partial charge in [0, 0.05) is 5.92 Å². The Hall–Kier alpha value is -1.34. The number of benzene rings is 1. The fourth-order valence-corrected chi connectivity index (χ4v) is 2.44. The fourth-order valence-electron chi connectivity index (χ4n) is 2.44. The molecule has 0 fully saturated rings. The van der Waals surface area contributed by atoms with Gasteiger partial charge in [-0.2, -0.15) is 0 Å². The molecule has 1 aromatic rings. The molecule has 16 heavy (non-hydrogen) atoms. The van der Waals surface area contributed by atoms with E-state index >= 15 is 0 Å². The highest BCUT2D eigenvalue weighted by Gasteiger charge is 2.21. The van der Waals surface area contributed by atoms with Crippen LogP contribution >= 0.6 is 0 Å². The van der Waals surface area contributed by atoms with E-state index in [1.54, 1.807) is 0 Å². The van der Waals surface area contributed by atoms with Crippen LogP contribution in [0.15, 0.2) is 48.6 Å². The van der Waals surface area contributed by atoms with Crippen molar-refractivity contribution in [1.29, 1.82) is 0 Å². The maximum atomic E-state index is 10.1. The first-order valence-corrected chi connectivity index (χ1v) is 5.77. The van der Waals surface area contributed by atoms with Crippen LogP contribution in [0.5, 0.6) is 0 Å². The van der Waals surface area contributed by atoms with Crippen molar-refractivity contribution in [3.05, 3.63) is 59.7 Å². The van der Waals surface area contributed by atoms with E-state index in [0.29, 0.717) is 5.92 Å². The Labute approximate surface area is 97.1 Å². The van der Waals surface area contributed by atoms with Crippen LogP contribution in [0.3, 0.4) is 0 Å². The molecule has 0 radical (unpaired) electrons. The van der Waals surface area contributed by atoms with E-state index in [1.165, 1.54) is 11.1 Å². The predicted octanol–water partition coefficient (Wildman–Crippen LogP) is 3.73. The van der Waals surface area contributed by atoms with Crippen LogP contribution < -0.4 is 0 Å². The monoisotopic (exact) mass is 214 g/mol. The molecule has 2 atom stereocenters. The van der Waals surface area contributed by atoms with Crippen molar-refractivity contribution in [3.8, 4) is 0 Å². The van der Waals surface area contributed by atoms with E-state index < -0.39 is 0 Å². The summed E-state index contributed by atoms with van der Waals surface area (Å²) in [4.78, 5) is 0. The van der Waals surface area contributed by atoms with Gasteiger partial charge in [-0.15, -0.1) is 6.58 Å². The summed E-state index contributed by atoms with van der Waals surface area (Å²) in [7, 11) is 0. The standard InChI is InChI=1S/C15H18O/c1-3-6-12-9-11(2)10-15(16)14-8-5-4-7-13(12)14/h3-5,7-9,12,15-16H,1,6,10H2,2H3/t12-,15-/m0/s1. The van der Waals surface area contributed by atoms with Gasteiger partial charge in [-0.25, -0.2) is 0 Å². The summed E-state index contributed by atoms with van der Waals surface area (Å²) in [6, 6.07) is 8.17. The number of hydrogen-bond acceptors (Lipinski definition) is 1. The van der Waals surface area contributed by atoms with E-state index in [9.17, 15) is 5.11 Å². The van der Waals surface area contributed by atoms with Gasteiger partial charge in [0.05, 0.1) is 6.10 Å². The fraction of sp³-hybridized carbons (Fsp3) is 0.333. The van der Waals surface area contributed by atoms with Gasteiger partial charge < -0.3 is 5.11 Å². The van der Waals surface area contributed by atoms with Gasteiger partial charge >= 0.3 is 0 Å². The first-order valence-electron chi connectivity index (χ1n) is 5.77. The molecular formula is C15H18O. The largest absolute Gasteiger partial charge is 0.388 e. The summed E-state index contributed by atoms with van der Waals surface area (Å²) < 4.78 is 0. The first-order chi connectivity index (χ1) is 7.72. The number of aliphatic hydroxyl groups is 1. The molecule has 1 nitrogen and oxygen atoms in total. The van der Waals surface area contributed by atoms with Gasteiger partial charge in [-0.3, -0.25) is 0 Å². The average molecular weight is 214 g/mol. The number of fused-ring (bicyclic) bond motifs is 1. The summed E-state index contributed by atoms with van der Waals surface area (Å²) in [5.74, 6) is 0.367. The minimum atomic E-state index is -0.359. The lowest BCUT2D eigenvalue weighted by Crippen LogP contribution is -2.01. The highest BCUT2D eigenvalue weighted by Crippen LogP contribution is 2.36. The van der Waals surface area contributed by atoms with Crippen LogP contribution in [0.4, 0.5) is 0 Å². The van der Waals surface area contributed by atoms with Crippen LogP contribution in [0.1, 0.15) is 42.9 Å². The van der Waals surface area contributed by atoms with Crippen LogP contribution in [0.2, 0.25) is 0 Å². The Morgan fingerprint density at radius 3 is 2.75 bits per heavy atom. The third-order valence-corrected chi connectivity index (χ3v) is 3.18. The van der Waals surface area contributed by atoms with Crippen molar-refractivity contribution >= 4 is 0 Å². The summed E-state index contributed by atoms with van der Waals surface area (Å²) in [6.07, 6.45) is 5.52. The molecule has 0 unspecified atom stereocenters. The molecule has 0 heterocycles. The summed E-state index contributed by atoms with van der Waals surface area (Å²) in [6.45, 7) is 5.90. The Balaban J connectivity index is 2.48. The maximum Gasteiger partial charge on any atom is 0.0829 e. The molecule has 0 aliphatic heterocycles. The lowest BCUT2D eigenvalue weighted by molar-refractivity contribution is 0.178. The zero-order valence-electron chi connectivity index (χ0n) is 9.69. The maximum absolute atomic E-state index is 10.1. The number of allylic oxidation sites excluding steroid dienone is 2. The van der Waals surface area contributed by atoms with Crippen molar-refractivity contribution in [1.82, 2.24) is 0 Å². The minimum Gasteiger partial charge on any atom is -0.388 e. The van der Waals surface area contributed by atoms with Crippen LogP contribution in [-0.4, -0.2) is 5.11 Å². The second-order valence-corrected chi connectivity index (χ2v) is 4.49. The molecule has 1 aliphatic rings. The van der Waals surface area contributed by atoms with E-state index in [2.05, 4.69) is 25.6 Å². The number of hydrogen-bond donors (Lipinski definition) is 1.